The van der Waals surface area contributed by atoms with E-state index in [1.165, 1.54) is 0 Å². The number of aryl methyl sites for hydroxylation is 1. The van der Waals surface area contributed by atoms with Crippen molar-refractivity contribution in [2.75, 3.05) is 5.32 Å². The molecule has 0 bridgehead atoms. The Morgan fingerprint density at radius 2 is 2.12 bits per heavy atom. The van der Waals surface area contributed by atoms with Crippen molar-refractivity contribution in [2.45, 2.75) is 33.2 Å². The Morgan fingerprint density at radius 1 is 1.29 bits per heavy atom. The van der Waals surface area contributed by atoms with Gasteiger partial charge in [0.05, 0.1) is 0 Å². The first-order valence-corrected chi connectivity index (χ1v) is 7.94. The van der Waals surface area contributed by atoms with E-state index in [0.717, 1.165) is 12.1 Å². The summed E-state index contributed by atoms with van der Waals surface area (Å²) in [6, 6.07) is 9.34. The van der Waals surface area contributed by atoms with Gasteiger partial charge in [0.15, 0.2) is 5.82 Å². The maximum Gasteiger partial charge on any atom is 0.273 e. The zero-order chi connectivity index (χ0) is 17.1. The molecule has 3 aromatic heterocycles. The molecule has 0 radical (unpaired) electrons. The summed E-state index contributed by atoms with van der Waals surface area (Å²) in [6.45, 7) is 6.13. The molecule has 0 aliphatic carbocycles. The Hall–Kier alpha value is -2.96. The van der Waals surface area contributed by atoms with Crippen LogP contribution < -0.4 is 5.32 Å². The zero-order valence-electron chi connectivity index (χ0n) is 13.9. The second kappa shape index (κ2) is 6.66. The molecule has 0 saturated carbocycles. The molecule has 0 unspecified atom stereocenters. The number of amides is 1. The number of carbonyl (C=O) groups excluding carboxylic acids is 1. The molecule has 0 aromatic carbocycles. The van der Waals surface area contributed by atoms with Crippen molar-refractivity contribution < 1.29 is 4.79 Å². The Labute approximate surface area is 140 Å². The largest absolute Gasteiger partial charge is 0.354 e. The number of aromatic amines is 1. The maximum absolute atomic E-state index is 12.3. The molecule has 0 atom stereocenters. The quantitative estimate of drug-likeness (QED) is 0.755. The molecule has 7 heteroatoms. The predicted octanol–water partition coefficient (Wildman–Crippen LogP) is 3.06. The van der Waals surface area contributed by atoms with E-state index in [-0.39, 0.29) is 11.9 Å². The van der Waals surface area contributed by atoms with Gasteiger partial charge in [0.2, 0.25) is 0 Å². The third kappa shape index (κ3) is 3.19. The lowest BCUT2D eigenvalue weighted by molar-refractivity contribution is 0.102. The number of anilines is 1. The van der Waals surface area contributed by atoms with Gasteiger partial charge in [-0.05, 0) is 44.5 Å². The van der Waals surface area contributed by atoms with Crippen molar-refractivity contribution in [3.05, 3.63) is 48.0 Å². The molecule has 3 rings (SSSR count). The summed E-state index contributed by atoms with van der Waals surface area (Å²) in [6.07, 6.45) is 2.53. The van der Waals surface area contributed by atoms with Crippen molar-refractivity contribution in [3.63, 3.8) is 0 Å². The fourth-order valence-corrected chi connectivity index (χ4v) is 2.40. The van der Waals surface area contributed by atoms with Crippen molar-refractivity contribution >= 4 is 11.7 Å². The fraction of sp³-hybridized carbons (Fsp3) is 0.294. The minimum atomic E-state index is -0.218. The highest BCUT2D eigenvalue weighted by atomic mass is 16.1. The minimum Gasteiger partial charge on any atom is -0.354 e. The van der Waals surface area contributed by atoms with Crippen molar-refractivity contribution in [3.8, 4) is 11.5 Å². The lowest BCUT2D eigenvalue weighted by Gasteiger charge is -2.10. The lowest BCUT2D eigenvalue weighted by atomic mass is 10.3. The lowest BCUT2D eigenvalue weighted by Crippen LogP contribution is -2.14. The van der Waals surface area contributed by atoms with Gasteiger partial charge in [-0.15, -0.1) is 10.2 Å². The number of nitrogens with one attached hydrogen (secondary N) is 2. The second-order valence-electron chi connectivity index (χ2n) is 5.77. The molecule has 0 fully saturated rings. The van der Waals surface area contributed by atoms with Crippen LogP contribution in [0.5, 0.6) is 0 Å². The van der Waals surface area contributed by atoms with Crippen LogP contribution in [0, 0.1) is 0 Å². The number of carbonyl (C=O) groups is 1. The van der Waals surface area contributed by atoms with E-state index in [2.05, 4.69) is 39.3 Å². The van der Waals surface area contributed by atoms with Gasteiger partial charge < -0.3 is 14.9 Å². The summed E-state index contributed by atoms with van der Waals surface area (Å²) < 4.78 is 1.94. The van der Waals surface area contributed by atoms with Crippen molar-refractivity contribution in [2.24, 2.45) is 0 Å². The number of pyridine rings is 1. The number of rotatable bonds is 5. The molecule has 0 saturated heterocycles. The summed E-state index contributed by atoms with van der Waals surface area (Å²) in [4.78, 5) is 19.9. The number of aromatic nitrogens is 5. The average molecular weight is 324 g/mol. The predicted molar refractivity (Wildman–Crippen MR) is 91.8 cm³/mol. The summed E-state index contributed by atoms with van der Waals surface area (Å²) >= 11 is 0. The van der Waals surface area contributed by atoms with Crippen LogP contribution in [0.4, 0.5) is 5.82 Å². The minimum absolute atomic E-state index is 0.218. The zero-order valence-corrected chi connectivity index (χ0v) is 13.9. The smallest absolute Gasteiger partial charge is 0.273 e. The Balaban J connectivity index is 1.83. The second-order valence-corrected chi connectivity index (χ2v) is 5.77. The number of nitrogens with zero attached hydrogens (tertiary/aromatic N) is 4. The summed E-state index contributed by atoms with van der Waals surface area (Å²) in [5.41, 5.74) is 2.20. The normalized spacial score (nSPS) is 11.0. The monoisotopic (exact) mass is 324 g/mol. The van der Waals surface area contributed by atoms with E-state index in [0.29, 0.717) is 23.0 Å². The van der Waals surface area contributed by atoms with Crippen LogP contribution in [0.2, 0.25) is 0 Å². The van der Waals surface area contributed by atoms with Crippen LogP contribution in [0.3, 0.4) is 0 Å². The Bertz CT molecular complexity index is 848. The fourth-order valence-electron chi connectivity index (χ4n) is 2.40. The SMILES string of the molecule is CCc1ccc(C(=O)Nc2cccc(-c3nncn3C(C)C)n2)[nH]1. The highest BCUT2D eigenvalue weighted by Gasteiger charge is 2.13. The van der Waals surface area contributed by atoms with Gasteiger partial charge in [-0.3, -0.25) is 4.79 Å². The molecule has 0 aliphatic heterocycles. The molecule has 3 heterocycles. The topological polar surface area (TPSA) is 88.5 Å². The van der Waals surface area contributed by atoms with Crippen LogP contribution in [0.15, 0.2) is 36.7 Å². The first-order valence-electron chi connectivity index (χ1n) is 7.94. The molecule has 1 amide bonds. The van der Waals surface area contributed by atoms with Crippen LogP contribution in [-0.4, -0.2) is 30.6 Å². The third-order valence-electron chi connectivity index (χ3n) is 3.72. The van der Waals surface area contributed by atoms with Crippen LogP contribution >= 0.6 is 0 Å². The number of H-pyrrole nitrogens is 1. The number of hydrogen-bond acceptors (Lipinski definition) is 4. The van der Waals surface area contributed by atoms with Crippen molar-refractivity contribution in [1.29, 1.82) is 0 Å². The molecule has 7 nitrogen and oxygen atoms in total. The first-order chi connectivity index (χ1) is 11.6. The molecule has 124 valence electrons. The van der Waals surface area contributed by atoms with Crippen LogP contribution in [0.1, 0.15) is 43.0 Å². The van der Waals surface area contributed by atoms with Gasteiger partial charge in [-0.25, -0.2) is 4.98 Å². The number of hydrogen-bond donors (Lipinski definition) is 2. The van der Waals surface area contributed by atoms with Gasteiger partial charge in [0.25, 0.3) is 5.91 Å². The van der Waals surface area contributed by atoms with Gasteiger partial charge >= 0.3 is 0 Å². The molecule has 3 aromatic rings. The molecule has 2 N–H and O–H groups in total. The van der Waals surface area contributed by atoms with Crippen LogP contribution in [0.25, 0.3) is 11.5 Å². The summed E-state index contributed by atoms with van der Waals surface area (Å²) in [5.74, 6) is 0.933. The summed E-state index contributed by atoms with van der Waals surface area (Å²) in [5, 5.41) is 10.9. The maximum atomic E-state index is 12.3. The van der Waals surface area contributed by atoms with Gasteiger partial charge in [0, 0.05) is 11.7 Å². The molecular formula is C17H20N6O. The Morgan fingerprint density at radius 3 is 2.83 bits per heavy atom. The van der Waals surface area contributed by atoms with E-state index in [1.54, 1.807) is 18.5 Å². The van der Waals surface area contributed by atoms with Gasteiger partial charge in [0.1, 0.15) is 23.5 Å². The van der Waals surface area contributed by atoms with E-state index in [4.69, 9.17) is 0 Å². The molecule has 24 heavy (non-hydrogen) atoms. The highest BCUT2D eigenvalue weighted by Crippen LogP contribution is 2.20. The van der Waals surface area contributed by atoms with E-state index >= 15 is 0 Å². The standard InChI is InChI=1S/C17H20N6O/c1-4-12-8-9-14(19-12)17(24)21-15-7-5-6-13(20-15)16-22-18-10-23(16)11(2)3/h5-11,19H,4H2,1-3H3,(H,20,21,24). The molecule has 0 aliphatic rings. The average Bonchev–Trinajstić information content (AvgIpc) is 3.24. The highest BCUT2D eigenvalue weighted by molar-refractivity contribution is 6.02. The Kier molecular flexibility index (Phi) is 4.41. The van der Waals surface area contributed by atoms with Gasteiger partial charge in [-0.1, -0.05) is 13.0 Å². The van der Waals surface area contributed by atoms with E-state index in [1.807, 2.05) is 29.7 Å². The van der Waals surface area contributed by atoms with Crippen LogP contribution in [-0.2, 0) is 6.42 Å². The summed E-state index contributed by atoms with van der Waals surface area (Å²) in [7, 11) is 0. The molecular weight excluding hydrogens is 304 g/mol. The molecule has 0 spiro atoms. The van der Waals surface area contributed by atoms with Crippen molar-refractivity contribution in [1.82, 2.24) is 24.7 Å². The first kappa shape index (κ1) is 15.9. The third-order valence-corrected chi connectivity index (χ3v) is 3.72. The van der Waals surface area contributed by atoms with E-state index in [9.17, 15) is 4.79 Å². The van der Waals surface area contributed by atoms with Gasteiger partial charge in [-0.2, -0.15) is 0 Å². The van der Waals surface area contributed by atoms with E-state index < -0.39 is 0 Å².